The zero-order valence-electron chi connectivity index (χ0n) is 13.8. The van der Waals surface area contributed by atoms with Gasteiger partial charge in [-0.05, 0) is 32.5 Å². The standard InChI is InChI=1S/C17H27N3O2/c1-18(2)17(15-7-5-4-6-8-15)9-11-20(12-10-17)14-13-19(3)16(21)22/h4-8H,9-14H2,1-3H3,(H,21,22). The topological polar surface area (TPSA) is 47.0 Å². The second kappa shape index (κ2) is 7.11. The van der Waals surface area contributed by atoms with Gasteiger partial charge in [0.05, 0.1) is 0 Å². The summed E-state index contributed by atoms with van der Waals surface area (Å²) in [6, 6.07) is 10.7. The van der Waals surface area contributed by atoms with E-state index >= 15 is 0 Å². The van der Waals surface area contributed by atoms with Crippen LogP contribution in [0.25, 0.3) is 0 Å². The molecule has 0 saturated carbocycles. The lowest BCUT2D eigenvalue weighted by atomic mass is 9.80. The molecule has 5 heteroatoms. The minimum absolute atomic E-state index is 0.0937. The summed E-state index contributed by atoms with van der Waals surface area (Å²) >= 11 is 0. The van der Waals surface area contributed by atoms with Crippen molar-refractivity contribution >= 4 is 6.09 Å². The molecule has 1 aliphatic heterocycles. The molecule has 1 amide bonds. The number of nitrogens with zero attached hydrogens (tertiary/aromatic N) is 3. The largest absolute Gasteiger partial charge is 0.465 e. The molecule has 1 aromatic carbocycles. The van der Waals surface area contributed by atoms with Gasteiger partial charge < -0.3 is 14.9 Å². The Hall–Kier alpha value is -1.59. The highest BCUT2D eigenvalue weighted by molar-refractivity contribution is 5.64. The van der Waals surface area contributed by atoms with Crippen molar-refractivity contribution in [2.45, 2.75) is 18.4 Å². The van der Waals surface area contributed by atoms with Crippen molar-refractivity contribution in [1.82, 2.24) is 14.7 Å². The molecule has 1 N–H and O–H groups in total. The van der Waals surface area contributed by atoms with Crippen LogP contribution in [0, 0.1) is 0 Å². The lowest BCUT2D eigenvalue weighted by Crippen LogP contribution is -2.51. The first-order valence-corrected chi connectivity index (χ1v) is 7.85. The fourth-order valence-corrected chi connectivity index (χ4v) is 3.28. The van der Waals surface area contributed by atoms with Gasteiger partial charge in [-0.3, -0.25) is 4.90 Å². The van der Waals surface area contributed by atoms with Crippen LogP contribution in [-0.2, 0) is 5.54 Å². The molecule has 0 radical (unpaired) electrons. The molecule has 0 aliphatic carbocycles. The monoisotopic (exact) mass is 305 g/mol. The van der Waals surface area contributed by atoms with Gasteiger partial charge in [0.1, 0.15) is 0 Å². The number of benzene rings is 1. The minimum atomic E-state index is -0.857. The third kappa shape index (κ3) is 3.59. The normalized spacial score (nSPS) is 18.4. The molecular weight excluding hydrogens is 278 g/mol. The minimum Gasteiger partial charge on any atom is -0.465 e. The number of piperidine rings is 1. The molecule has 22 heavy (non-hydrogen) atoms. The molecule has 1 heterocycles. The molecule has 2 rings (SSSR count). The first-order chi connectivity index (χ1) is 10.5. The molecule has 1 aliphatic rings. The Morgan fingerprint density at radius 3 is 2.27 bits per heavy atom. The third-order valence-electron chi connectivity index (χ3n) is 4.93. The molecule has 1 aromatic rings. The second-order valence-corrected chi connectivity index (χ2v) is 6.34. The van der Waals surface area contributed by atoms with Crippen LogP contribution >= 0.6 is 0 Å². The van der Waals surface area contributed by atoms with E-state index in [-0.39, 0.29) is 5.54 Å². The molecular formula is C17H27N3O2. The summed E-state index contributed by atoms with van der Waals surface area (Å²) in [5.74, 6) is 0. The van der Waals surface area contributed by atoms with Crippen molar-refractivity contribution in [3.05, 3.63) is 35.9 Å². The lowest BCUT2D eigenvalue weighted by molar-refractivity contribution is 0.0506. The number of carbonyl (C=O) groups is 1. The van der Waals surface area contributed by atoms with Gasteiger partial charge in [0.15, 0.2) is 0 Å². The van der Waals surface area contributed by atoms with Crippen LogP contribution < -0.4 is 0 Å². The highest BCUT2D eigenvalue weighted by Gasteiger charge is 2.37. The van der Waals surface area contributed by atoms with E-state index in [0.717, 1.165) is 32.5 Å². The molecule has 0 bridgehead atoms. The fraction of sp³-hybridized carbons (Fsp3) is 0.588. The van der Waals surface area contributed by atoms with Crippen molar-refractivity contribution < 1.29 is 9.90 Å². The van der Waals surface area contributed by atoms with Gasteiger partial charge in [-0.25, -0.2) is 4.79 Å². The van der Waals surface area contributed by atoms with Crippen molar-refractivity contribution in [1.29, 1.82) is 0 Å². The van der Waals surface area contributed by atoms with E-state index in [1.165, 1.54) is 10.5 Å². The first-order valence-electron chi connectivity index (χ1n) is 7.85. The Labute approximate surface area is 133 Å². The van der Waals surface area contributed by atoms with E-state index in [9.17, 15) is 4.79 Å². The summed E-state index contributed by atoms with van der Waals surface area (Å²) in [6.45, 7) is 3.37. The number of likely N-dealkylation sites (N-methyl/N-ethyl adjacent to an activating group) is 1. The van der Waals surface area contributed by atoms with Crippen LogP contribution in [0.2, 0.25) is 0 Å². The van der Waals surface area contributed by atoms with Crippen LogP contribution in [0.1, 0.15) is 18.4 Å². The fourth-order valence-electron chi connectivity index (χ4n) is 3.28. The Kier molecular flexibility index (Phi) is 5.42. The van der Waals surface area contributed by atoms with Crippen molar-refractivity contribution in [3.8, 4) is 0 Å². The summed E-state index contributed by atoms with van der Waals surface area (Å²) in [6.07, 6.45) is 1.28. The predicted octanol–water partition coefficient (Wildman–Crippen LogP) is 2.15. The number of rotatable bonds is 5. The Morgan fingerprint density at radius 2 is 1.77 bits per heavy atom. The smallest absolute Gasteiger partial charge is 0.407 e. The Bertz CT molecular complexity index is 482. The van der Waals surface area contributed by atoms with Crippen LogP contribution in [0.3, 0.4) is 0 Å². The van der Waals surface area contributed by atoms with Crippen molar-refractivity contribution in [2.75, 3.05) is 47.3 Å². The van der Waals surface area contributed by atoms with Crippen molar-refractivity contribution in [2.24, 2.45) is 0 Å². The zero-order chi connectivity index (χ0) is 16.2. The summed E-state index contributed by atoms with van der Waals surface area (Å²) in [4.78, 5) is 16.9. The first kappa shape index (κ1) is 16.8. The quantitative estimate of drug-likeness (QED) is 0.905. The summed E-state index contributed by atoms with van der Waals surface area (Å²) in [5.41, 5.74) is 1.47. The summed E-state index contributed by atoms with van der Waals surface area (Å²) < 4.78 is 0. The summed E-state index contributed by atoms with van der Waals surface area (Å²) in [7, 11) is 5.93. The van der Waals surface area contributed by atoms with E-state index in [1.807, 2.05) is 0 Å². The molecule has 122 valence electrons. The zero-order valence-corrected chi connectivity index (χ0v) is 13.8. The molecule has 1 fully saturated rings. The average Bonchev–Trinajstić information content (AvgIpc) is 2.53. The Morgan fingerprint density at radius 1 is 1.18 bits per heavy atom. The predicted molar refractivity (Wildman–Crippen MR) is 88.1 cm³/mol. The van der Waals surface area contributed by atoms with Crippen LogP contribution in [-0.4, -0.2) is 73.2 Å². The maximum absolute atomic E-state index is 10.9. The molecule has 0 unspecified atom stereocenters. The maximum atomic E-state index is 10.9. The van der Waals surface area contributed by atoms with E-state index in [1.54, 1.807) is 7.05 Å². The van der Waals surface area contributed by atoms with Gasteiger partial charge in [0, 0.05) is 38.8 Å². The number of hydrogen-bond acceptors (Lipinski definition) is 3. The van der Waals surface area contributed by atoms with Gasteiger partial charge >= 0.3 is 6.09 Å². The second-order valence-electron chi connectivity index (χ2n) is 6.34. The van der Waals surface area contributed by atoms with Gasteiger partial charge in [0.2, 0.25) is 0 Å². The van der Waals surface area contributed by atoms with E-state index < -0.39 is 6.09 Å². The maximum Gasteiger partial charge on any atom is 0.407 e. The molecule has 1 saturated heterocycles. The van der Waals surface area contributed by atoms with Gasteiger partial charge in [0.25, 0.3) is 0 Å². The van der Waals surface area contributed by atoms with E-state index in [4.69, 9.17) is 5.11 Å². The highest BCUT2D eigenvalue weighted by atomic mass is 16.4. The van der Waals surface area contributed by atoms with Crippen molar-refractivity contribution in [3.63, 3.8) is 0 Å². The van der Waals surface area contributed by atoms with E-state index in [2.05, 4.69) is 54.2 Å². The van der Waals surface area contributed by atoms with E-state index in [0.29, 0.717) is 6.54 Å². The summed E-state index contributed by atoms with van der Waals surface area (Å²) in [5, 5.41) is 8.92. The third-order valence-corrected chi connectivity index (χ3v) is 4.93. The molecule has 0 spiro atoms. The van der Waals surface area contributed by atoms with Crippen LogP contribution in [0.4, 0.5) is 4.79 Å². The lowest BCUT2D eigenvalue weighted by Gasteiger charge is -2.46. The molecule has 0 atom stereocenters. The number of amides is 1. The highest BCUT2D eigenvalue weighted by Crippen LogP contribution is 2.37. The van der Waals surface area contributed by atoms with Gasteiger partial charge in [-0.15, -0.1) is 0 Å². The molecule has 0 aromatic heterocycles. The van der Waals surface area contributed by atoms with Gasteiger partial charge in [-0.1, -0.05) is 30.3 Å². The number of carboxylic acid groups (broad SMARTS) is 1. The van der Waals surface area contributed by atoms with Crippen LogP contribution in [0.5, 0.6) is 0 Å². The Balaban J connectivity index is 1.98. The number of likely N-dealkylation sites (tertiary alicyclic amines) is 1. The SMILES string of the molecule is CN(CCN1CCC(c2ccccc2)(N(C)C)CC1)C(=O)O. The number of hydrogen-bond donors (Lipinski definition) is 1. The van der Waals surface area contributed by atoms with Gasteiger partial charge in [-0.2, -0.15) is 0 Å². The average molecular weight is 305 g/mol. The van der Waals surface area contributed by atoms with Crippen LogP contribution in [0.15, 0.2) is 30.3 Å². The molecule has 5 nitrogen and oxygen atoms in total.